The van der Waals surface area contributed by atoms with Crippen molar-refractivity contribution in [2.45, 2.75) is 32.2 Å². The number of carbonyl (C=O) groups excluding carboxylic acids is 2. The van der Waals surface area contributed by atoms with E-state index in [1.165, 1.54) is 16.2 Å². The maximum absolute atomic E-state index is 12.5. The summed E-state index contributed by atoms with van der Waals surface area (Å²) < 4.78 is 5.31. The smallest absolute Gasteiger partial charge is 0.251 e. The molecule has 1 saturated heterocycles. The number of rotatable bonds is 4. The van der Waals surface area contributed by atoms with Crippen molar-refractivity contribution in [1.82, 2.24) is 4.90 Å². The number of thiophene rings is 1. The van der Waals surface area contributed by atoms with Gasteiger partial charge < -0.3 is 15.8 Å². The molecule has 1 atom stereocenters. The Kier molecular flexibility index (Phi) is 4.46. The first-order valence-corrected chi connectivity index (χ1v) is 8.46. The molecule has 1 fully saturated rings. The molecule has 0 radical (unpaired) electrons. The topological polar surface area (TPSA) is 84.7 Å². The first-order valence-electron chi connectivity index (χ1n) is 7.65. The van der Waals surface area contributed by atoms with Crippen LogP contribution in [0.25, 0.3) is 0 Å². The van der Waals surface area contributed by atoms with Gasteiger partial charge in [-0.2, -0.15) is 0 Å². The molecule has 0 aromatic carbocycles. The van der Waals surface area contributed by atoms with Crippen LogP contribution in [0, 0.1) is 0 Å². The van der Waals surface area contributed by atoms with Crippen LogP contribution in [-0.2, 0) is 22.4 Å². The van der Waals surface area contributed by atoms with Gasteiger partial charge in [0.15, 0.2) is 0 Å². The van der Waals surface area contributed by atoms with Crippen LogP contribution in [0.4, 0.5) is 5.00 Å². The number of aryl methyl sites for hydroxylation is 1. The number of nitrogens with zero attached hydrogens (tertiary/aromatic N) is 1. The summed E-state index contributed by atoms with van der Waals surface area (Å²) in [6.45, 7) is 4.68. The summed E-state index contributed by atoms with van der Waals surface area (Å²) >= 11 is 1.49. The van der Waals surface area contributed by atoms with Crippen molar-refractivity contribution in [3.63, 3.8) is 0 Å². The summed E-state index contributed by atoms with van der Waals surface area (Å²) in [5.41, 5.74) is 7.06. The number of morpholine rings is 1. The number of nitrogens with one attached hydrogen (secondary N) is 1. The third kappa shape index (κ3) is 2.88. The standard InChI is InChI=1S/C15H21N3O3S/c1-9(18-5-7-21-8-6-18)14(20)17-15-12(13(16)19)10-3-2-4-11(10)22-15/h9H,2-8H2,1H3,(H2,16,19)(H,17,20)/t9-/m0/s1. The Morgan fingerprint density at radius 1 is 1.32 bits per heavy atom. The number of ether oxygens (including phenoxy) is 1. The van der Waals surface area contributed by atoms with E-state index in [1.807, 2.05) is 6.92 Å². The molecule has 120 valence electrons. The summed E-state index contributed by atoms with van der Waals surface area (Å²) in [5.74, 6) is -0.543. The van der Waals surface area contributed by atoms with E-state index in [-0.39, 0.29) is 11.9 Å². The number of nitrogens with two attached hydrogens (primary N) is 1. The van der Waals surface area contributed by atoms with E-state index in [2.05, 4.69) is 10.2 Å². The van der Waals surface area contributed by atoms with Gasteiger partial charge in [-0.15, -0.1) is 11.3 Å². The molecule has 1 aromatic heterocycles. The van der Waals surface area contributed by atoms with Crippen molar-refractivity contribution < 1.29 is 14.3 Å². The van der Waals surface area contributed by atoms with Gasteiger partial charge in [0, 0.05) is 18.0 Å². The number of hydrogen-bond acceptors (Lipinski definition) is 5. The van der Waals surface area contributed by atoms with Gasteiger partial charge in [-0.3, -0.25) is 14.5 Å². The Morgan fingerprint density at radius 3 is 2.73 bits per heavy atom. The quantitative estimate of drug-likeness (QED) is 0.865. The van der Waals surface area contributed by atoms with Crippen LogP contribution in [0.2, 0.25) is 0 Å². The fourth-order valence-electron chi connectivity index (χ4n) is 3.10. The number of anilines is 1. The van der Waals surface area contributed by atoms with Gasteiger partial charge in [0.2, 0.25) is 5.91 Å². The molecular weight excluding hydrogens is 302 g/mol. The van der Waals surface area contributed by atoms with Crippen LogP contribution in [-0.4, -0.2) is 49.1 Å². The summed E-state index contributed by atoms with van der Waals surface area (Å²) in [7, 11) is 0. The molecular formula is C15H21N3O3S. The van der Waals surface area contributed by atoms with Gasteiger partial charge in [-0.05, 0) is 31.7 Å². The minimum atomic E-state index is -0.450. The van der Waals surface area contributed by atoms with Crippen molar-refractivity contribution >= 4 is 28.2 Å². The second kappa shape index (κ2) is 6.36. The van der Waals surface area contributed by atoms with Crippen LogP contribution < -0.4 is 11.1 Å². The molecule has 0 unspecified atom stereocenters. The number of amides is 2. The lowest BCUT2D eigenvalue weighted by atomic mass is 10.1. The van der Waals surface area contributed by atoms with E-state index >= 15 is 0 Å². The van der Waals surface area contributed by atoms with E-state index in [1.54, 1.807) is 0 Å². The molecule has 3 rings (SSSR count). The van der Waals surface area contributed by atoms with Gasteiger partial charge in [0.05, 0.1) is 24.8 Å². The SMILES string of the molecule is C[C@@H](C(=O)Nc1sc2c(c1C(N)=O)CCC2)N1CCOCC1. The van der Waals surface area contributed by atoms with Crippen molar-refractivity contribution in [2.75, 3.05) is 31.6 Å². The second-order valence-corrected chi connectivity index (χ2v) is 6.84. The summed E-state index contributed by atoms with van der Waals surface area (Å²) in [4.78, 5) is 27.5. The van der Waals surface area contributed by atoms with Gasteiger partial charge in [-0.1, -0.05) is 0 Å². The minimum absolute atomic E-state index is 0.0932. The molecule has 3 N–H and O–H groups in total. The summed E-state index contributed by atoms with van der Waals surface area (Å²) in [5, 5.41) is 3.53. The molecule has 2 heterocycles. The number of carbonyl (C=O) groups is 2. The molecule has 1 aliphatic heterocycles. The van der Waals surface area contributed by atoms with Gasteiger partial charge in [0.25, 0.3) is 5.91 Å². The van der Waals surface area contributed by atoms with Gasteiger partial charge in [0.1, 0.15) is 5.00 Å². The average Bonchev–Trinajstić information content (AvgIpc) is 3.07. The van der Waals surface area contributed by atoms with Crippen molar-refractivity contribution in [3.8, 4) is 0 Å². The third-order valence-electron chi connectivity index (χ3n) is 4.38. The lowest BCUT2D eigenvalue weighted by Crippen LogP contribution is -2.47. The van der Waals surface area contributed by atoms with Crippen molar-refractivity contribution in [3.05, 3.63) is 16.0 Å². The van der Waals surface area contributed by atoms with E-state index in [9.17, 15) is 9.59 Å². The molecule has 6 nitrogen and oxygen atoms in total. The largest absolute Gasteiger partial charge is 0.379 e. The van der Waals surface area contributed by atoms with E-state index < -0.39 is 5.91 Å². The van der Waals surface area contributed by atoms with Crippen LogP contribution >= 0.6 is 11.3 Å². The molecule has 0 bridgehead atoms. The highest BCUT2D eigenvalue weighted by Gasteiger charge is 2.28. The molecule has 1 aromatic rings. The van der Waals surface area contributed by atoms with Crippen LogP contribution in [0.5, 0.6) is 0 Å². The zero-order valence-corrected chi connectivity index (χ0v) is 13.5. The third-order valence-corrected chi connectivity index (χ3v) is 5.58. The maximum Gasteiger partial charge on any atom is 0.251 e. The van der Waals surface area contributed by atoms with E-state index in [4.69, 9.17) is 10.5 Å². The molecule has 7 heteroatoms. The van der Waals surface area contributed by atoms with Gasteiger partial charge >= 0.3 is 0 Å². The predicted molar refractivity (Wildman–Crippen MR) is 85.3 cm³/mol. The zero-order valence-electron chi connectivity index (χ0n) is 12.7. The molecule has 22 heavy (non-hydrogen) atoms. The Labute approximate surface area is 133 Å². The fraction of sp³-hybridized carbons (Fsp3) is 0.600. The van der Waals surface area contributed by atoms with E-state index in [0.717, 1.165) is 37.9 Å². The van der Waals surface area contributed by atoms with Gasteiger partial charge in [-0.25, -0.2) is 0 Å². The normalized spacial score (nSPS) is 19.7. The number of fused-ring (bicyclic) bond motifs is 1. The summed E-state index contributed by atoms with van der Waals surface area (Å²) in [6.07, 6.45) is 2.90. The predicted octanol–water partition coefficient (Wildman–Crippen LogP) is 0.995. The Hall–Kier alpha value is -1.44. The minimum Gasteiger partial charge on any atom is -0.379 e. The van der Waals surface area contributed by atoms with Crippen LogP contribution in [0.3, 0.4) is 0 Å². The molecule has 2 aliphatic rings. The maximum atomic E-state index is 12.5. The highest BCUT2D eigenvalue weighted by molar-refractivity contribution is 7.17. The molecule has 2 amide bonds. The van der Waals surface area contributed by atoms with Crippen molar-refractivity contribution in [2.24, 2.45) is 5.73 Å². The lowest BCUT2D eigenvalue weighted by molar-refractivity contribution is -0.122. The fourth-order valence-corrected chi connectivity index (χ4v) is 4.40. The highest BCUT2D eigenvalue weighted by atomic mass is 32.1. The lowest BCUT2D eigenvalue weighted by Gasteiger charge is -2.31. The highest BCUT2D eigenvalue weighted by Crippen LogP contribution is 2.38. The first kappa shape index (κ1) is 15.5. The Balaban J connectivity index is 1.75. The molecule has 0 saturated carbocycles. The van der Waals surface area contributed by atoms with E-state index in [0.29, 0.717) is 23.8 Å². The average molecular weight is 323 g/mol. The van der Waals surface area contributed by atoms with Crippen molar-refractivity contribution in [1.29, 1.82) is 0 Å². The molecule has 0 spiro atoms. The monoisotopic (exact) mass is 323 g/mol. The first-order chi connectivity index (χ1) is 10.6. The number of primary amides is 1. The van der Waals surface area contributed by atoms with Crippen LogP contribution in [0.15, 0.2) is 0 Å². The summed E-state index contributed by atoms with van der Waals surface area (Å²) in [6, 6.07) is -0.249. The number of hydrogen-bond donors (Lipinski definition) is 2. The Bertz CT molecular complexity index is 593. The second-order valence-electron chi connectivity index (χ2n) is 5.74. The Morgan fingerprint density at radius 2 is 2.05 bits per heavy atom. The molecule has 1 aliphatic carbocycles. The zero-order chi connectivity index (χ0) is 15.7. The van der Waals surface area contributed by atoms with Crippen LogP contribution in [0.1, 0.15) is 34.1 Å².